The van der Waals surface area contributed by atoms with Gasteiger partial charge in [-0.3, -0.25) is 9.52 Å². The third-order valence-electron chi connectivity index (χ3n) is 6.86. The van der Waals surface area contributed by atoms with Crippen molar-refractivity contribution in [2.24, 2.45) is 0 Å². The number of aromatic amines is 1. The number of hydrogen-bond donors (Lipinski definition) is 2. The van der Waals surface area contributed by atoms with Crippen molar-refractivity contribution in [1.29, 1.82) is 0 Å². The van der Waals surface area contributed by atoms with E-state index in [0.717, 1.165) is 44.8 Å². The number of rotatable bonds is 7. The molecule has 1 aliphatic carbocycles. The molecule has 0 bridgehead atoms. The fraction of sp³-hybridized carbons (Fsp3) is 0.542. The molecule has 0 radical (unpaired) electrons. The van der Waals surface area contributed by atoms with Gasteiger partial charge in [0.1, 0.15) is 11.6 Å². The fourth-order valence-corrected chi connectivity index (χ4v) is 5.89. The molecule has 0 amide bonds. The first-order chi connectivity index (χ1) is 16.9. The van der Waals surface area contributed by atoms with Crippen LogP contribution in [0.2, 0.25) is 0 Å². The van der Waals surface area contributed by atoms with Gasteiger partial charge in [0.15, 0.2) is 22.5 Å². The van der Waals surface area contributed by atoms with Gasteiger partial charge in [-0.05, 0) is 51.9 Å². The number of aromatic nitrogens is 4. The molecule has 11 heteroatoms. The number of nitrogens with one attached hydrogen (secondary N) is 2. The predicted molar refractivity (Wildman–Crippen MR) is 137 cm³/mol. The summed E-state index contributed by atoms with van der Waals surface area (Å²) in [4.78, 5) is 23.0. The van der Waals surface area contributed by atoms with Crippen molar-refractivity contribution in [3.05, 3.63) is 40.1 Å². The molecule has 5 rings (SSSR count). The second-order valence-corrected chi connectivity index (χ2v) is 10.5. The number of nitrogens with zero attached hydrogens (tertiary/aromatic N) is 5. The highest BCUT2D eigenvalue weighted by Gasteiger charge is 2.26. The molecule has 1 aromatic carbocycles. The summed E-state index contributed by atoms with van der Waals surface area (Å²) in [6.45, 7) is 7.45. The van der Waals surface area contributed by atoms with E-state index < -0.39 is 11.2 Å². The minimum atomic E-state index is -1.37. The number of imidazole rings is 1. The molecule has 35 heavy (non-hydrogen) atoms. The summed E-state index contributed by atoms with van der Waals surface area (Å²) in [5, 5.41) is 4.83. The van der Waals surface area contributed by atoms with Crippen molar-refractivity contribution in [1.82, 2.24) is 28.8 Å². The van der Waals surface area contributed by atoms with Gasteiger partial charge in [0, 0.05) is 37.8 Å². The van der Waals surface area contributed by atoms with Crippen molar-refractivity contribution in [3.8, 4) is 17.1 Å². The minimum Gasteiger partial charge on any atom is -0.493 e. The van der Waals surface area contributed by atoms with Crippen molar-refractivity contribution < 1.29 is 8.95 Å². The highest BCUT2D eigenvalue weighted by atomic mass is 32.2. The lowest BCUT2D eigenvalue weighted by atomic mass is 10.1. The van der Waals surface area contributed by atoms with Crippen LogP contribution in [0.4, 0.5) is 5.69 Å². The molecule has 1 unspecified atom stereocenters. The predicted octanol–water partition coefficient (Wildman–Crippen LogP) is 2.69. The average molecular weight is 500 g/mol. The summed E-state index contributed by atoms with van der Waals surface area (Å²) in [6.07, 6.45) is 4.46. The van der Waals surface area contributed by atoms with Crippen LogP contribution in [0.3, 0.4) is 0 Å². The number of H-pyrrole nitrogens is 1. The van der Waals surface area contributed by atoms with Gasteiger partial charge in [0.05, 0.1) is 17.9 Å². The number of hydrogen-bond acceptors (Lipinski definition) is 6. The van der Waals surface area contributed by atoms with E-state index in [2.05, 4.69) is 21.7 Å². The van der Waals surface area contributed by atoms with E-state index in [1.807, 2.05) is 36.4 Å². The second kappa shape index (κ2) is 10.1. The van der Waals surface area contributed by atoms with E-state index in [1.165, 1.54) is 12.8 Å². The Hall–Kier alpha value is -2.76. The van der Waals surface area contributed by atoms with E-state index in [4.69, 9.17) is 14.8 Å². The molecule has 1 atom stereocenters. The van der Waals surface area contributed by atoms with E-state index in [0.29, 0.717) is 46.6 Å². The molecule has 188 valence electrons. The van der Waals surface area contributed by atoms with Gasteiger partial charge in [0.2, 0.25) is 0 Å². The highest BCUT2D eigenvalue weighted by molar-refractivity contribution is 7.84. The SMILES string of the molecule is CCOc1ccc(NS(=O)N2CCN(C)CC2)cc1-c1nn2c(C3CCCC3)nc(C)c2c(=O)[nH]1. The van der Waals surface area contributed by atoms with Crippen LogP contribution in [-0.4, -0.2) is 72.8 Å². The van der Waals surface area contributed by atoms with Crippen molar-refractivity contribution >= 4 is 22.4 Å². The lowest BCUT2D eigenvalue weighted by Gasteiger charge is -2.31. The van der Waals surface area contributed by atoms with Crippen LogP contribution in [0.15, 0.2) is 23.0 Å². The molecule has 2 aromatic heterocycles. The van der Waals surface area contributed by atoms with Crippen LogP contribution in [-0.2, 0) is 11.2 Å². The number of piperazine rings is 1. The molecule has 10 nitrogen and oxygen atoms in total. The molecule has 1 aliphatic heterocycles. The topological polar surface area (TPSA) is 108 Å². The van der Waals surface area contributed by atoms with Gasteiger partial charge in [-0.2, -0.15) is 0 Å². The van der Waals surface area contributed by atoms with Crippen LogP contribution >= 0.6 is 0 Å². The maximum Gasteiger partial charge on any atom is 0.277 e. The summed E-state index contributed by atoms with van der Waals surface area (Å²) in [6, 6.07) is 5.50. The van der Waals surface area contributed by atoms with Crippen LogP contribution in [0, 0.1) is 6.92 Å². The van der Waals surface area contributed by atoms with E-state index in [1.54, 1.807) is 4.52 Å². The summed E-state index contributed by atoms with van der Waals surface area (Å²) in [5.41, 5.74) is 2.25. The largest absolute Gasteiger partial charge is 0.493 e. The number of benzene rings is 1. The number of ether oxygens (including phenoxy) is 1. The Balaban J connectivity index is 1.52. The normalized spacial score (nSPS) is 18.8. The molecule has 3 aromatic rings. The van der Waals surface area contributed by atoms with E-state index >= 15 is 0 Å². The van der Waals surface area contributed by atoms with Gasteiger partial charge in [0.25, 0.3) is 5.56 Å². The molecule has 2 N–H and O–H groups in total. The maximum absolute atomic E-state index is 13.1. The van der Waals surface area contributed by atoms with Crippen molar-refractivity contribution in [2.75, 3.05) is 44.6 Å². The lowest BCUT2D eigenvalue weighted by molar-refractivity contribution is 0.229. The molecule has 1 saturated carbocycles. The fourth-order valence-electron chi connectivity index (χ4n) is 4.94. The second-order valence-electron chi connectivity index (χ2n) is 9.33. The van der Waals surface area contributed by atoms with E-state index in [-0.39, 0.29) is 5.56 Å². The van der Waals surface area contributed by atoms with Crippen LogP contribution in [0.5, 0.6) is 5.75 Å². The summed E-state index contributed by atoms with van der Waals surface area (Å²) < 4.78 is 25.6. The molecular formula is C24H33N7O3S. The van der Waals surface area contributed by atoms with Crippen molar-refractivity contribution in [2.45, 2.75) is 45.4 Å². The Morgan fingerprint density at radius 2 is 1.94 bits per heavy atom. The standard InChI is InChI=1S/C24H33N7O3S/c1-4-34-20-10-9-18(28-35(33)30-13-11-29(3)12-14-30)15-19(20)22-26-24(32)21-16(2)25-23(31(21)27-22)17-7-5-6-8-17/h9-10,15,17,28H,4-8,11-14H2,1-3H3,(H,26,27,32). The number of likely N-dealkylation sites (N-methyl/N-ethyl adjacent to an activating group) is 1. The zero-order valence-electron chi connectivity index (χ0n) is 20.5. The Morgan fingerprint density at radius 3 is 2.66 bits per heavy atom. The highest BCUT2D eigenvalue weighted by Crippen LogP contribution is 2.35. The quantitative estimate of drug-likeness (QED) is 0.518. The minimum absolute atomic E-state index is 0.230. The third-order valence-corrected chi connectivity index (χ3v) is 8.10. The monoisotopic (exact) mass is 499 g/mol. The molecule has 2 aliphatic rings. The van der Waals surface area contributed by atoms with Gasteiger partial charge in [-0.15, -0.1) is 5.10 Å². The number of aryl methyl sites for hydroxylation is 1. The van der Waals surface area contributed by atoms with Gasteiger partial charge in [-0.25, -0.2) is 18.0 Å². The first kappa shape index (κ1) is 24.0. The van der Waals surface area contributed by atoms with Crippen LogP contribution in [0.1, 0.15) is 50.0 Å². The Morgan fingerprint density at radius 1 is 1.20 bits per heavy atom. The average Bonchev–Trinajstić information content (AvgIpc) is 3.49. The van der Waals surface area contributed by atoms with Gasteiger partial charge >= 0.3 is 0 Å². The van der Waals surface area contributed by atoms with E-state index in [9.17, 15) is 9.00 Å². The molecular weight excluding hydrogens is 466 g/mol. The molecule has 2 fully saturated rings. The van der Waals surface area contributed by atoms with Gasteiger partial charge in [-0.1, -0.05) is 12.8 Å². The summed E-state index contributed by atoms with van der Waals surface area (Å²) in [5.74, 6) is 2.16. The maximum atomic E-state index is 13.1. The summed E-state index contributed by atoms with van der Waals surface area (Å²) in [7, 11) is 2.07. The Labute approximate surface area is 207 Å². The molecule has 1 saturated heterocycles. The third kappa shape index (κ3) is 4.85. The first-order valence-corrected chi connectivity index (χ1v) is 13.4. The zero-order valence-corrected chi connectivity index (χ0v) is 21.4. The van der Waals surface area contributed by atoms with Crippen LogP contribution in [0.25, 0.3) is 16.9 Å². The summed E-state index contributed by atoms with van der Waals surface area (Å²) >= 11 is -1.37. The first-order valence-electron chi connectivity index (χ1n) is 12.3. The molecule has 3 heterocycles. The Bertz CT molecular complexity index is 1290. The smallest absolute Gasteiger partial charge is 0.277 e. The Kier molecular flexibility index (Phi) is 6.90. The molecule has 0 spiro atoms. The van der Waals surface area contributed by atoms with Gasteiger partial charge < -0.3 is 14.6 Å². The van der Waals surface area contributed by atoms with Crippen molar-refractivity contribution in [3.63, 3.8) is 0 Å². The lowest BCUT2D eigenvalue weighted by Crippen LogP contribution is -2.46. The zero-order chi connectivity index (χ0) is 24.5. The number of anilines is 1. The van der Waals surface area contributed by atoms with Crippen LogP contribution < -0.4 is 15.0 Å². The number of fused-ring (bicyclic) bond motifs is 1.